The van der Waals surface area contributed by atoms with Crippen molar-refractivity contribution in [2.24, 2.45) is 4.36 Å². The van der Waals surface area contributed by atoms with Gasteiger partial charge in [0.05, 0.1) is 17.0 Å². The topological polar surface area (TPSA) is 68.3 Å². The fraction of sp³-hybridized carbons (Fsp3) is 0.176. The molecule has 0 N–H and O–H groups in total. The molecular formula is C17H9F8N3O2S. The minimum Gasteiger partial charge on any atom is -0.329 e. The van der Waals surface area contributed by atoms with Gasteiger partial charge in [-0.3, -0.25) is 0 Å². The molecule has 1 aromatic heterocycles. The van der Waals surface area contributed by atoms with Crippen molar-refractivity contribution in [3.8, 4) is 11.4 Å². The summed E-state index contributed by atoms with van der Waals surface area (Å²) in [7, 11) is -5.12. The average Bonchev–Trinajstić information content (AvgIpc) is 3.13. The van der Waals surface area contributed by atoms with Gasteiger partial charge in [-0.1, -0.05) is 23.4 Å². The summed E-state index contributed by atoms with van der Waals surface area (Å²) in [6.45, 7) is 0. The SMILES string of the molecule is O=S(Cc1ccccc1F)(=Nc1ccc(-c2noc(C(F)(F)F)n2)c(F)c1)C(F)(F)F. The van der Waals surface area contributed by atoms with E-state index >= 15 is 0 Å². The van der Waals surface area contributed by atoms with Crippen molar-refractivity contribution in [2.75, 3.05) is 0 Å². The summed E-state index contributed by atoms with van der Waals surface area (Å²) in [5.74, 6) is -6.26. The molecule has 0 radical (unpaired) electrons. The zero-order valence-electron chi connectivity index (χ0n) is 14.8. The molecule has 0 aliphatic carbocycles. The van der Waals surface area contributed by atoms with Crippen LogP contribution >= 0.6 is 0 Å². The lowest BCUT2D eigenvalue weighted by Gasteiger charge is -2.14. The van der Waals surface area contributed by atoms with E-state index in [1.54, 1.807) is 0 Å². The lowest BCUT2D eigenvalue weighted by atomic mass is 10.2. The van der Waals surface area contributed by atoms with Crippen LogP contribution in [0.5, 0.6) is 0 Å². The molecule has 0 saturated carbocycles. The van der Waals surface area contributed by atoms with E-state index in [4.69, 9.17) is 0 Å². The summed E-state index contributed by atoms with van der Waals surface area (Å²) in [6.07, 6.45) is -4.98. The van der Waals surface area contributed by atoms with Crippen molar-refractivity contribution in [1.82, 2.24) is 10.1 Å². The van der Waals surface area contributed by atoms with Crippen LogP contribution in [-0.4, -0.2) is 19.9 Å². The van der Waals surface area contributed by atoms with Crippen LogP contribution in [-0.2, 0) is 21.7 Å². The van der Waals surface area contributed by atoms with Crippen LogP contribution in [0.1, 0.15) is 11.5 Å². The second kappa shape index (κ2) is 7.90. The molecule has 0 fully saturated rings. The first-order valence-corrected chi connectivity index (χ1v) is 9.74. The third-order valence-electron chi connectivity index (χ3n) is 3.79. The smallest absolute Gasteiger partial charge is 0.329 e. The first-order valence-electron chi connectivity index (χ1n) is 8.05. The number of nitrogens with zero attached hydrogens (tertiary/aromatic N) is 3. The summed E-state index contributed by atoms with van der Waals surface area (Å²) in [5.41, 5.74) is -7.26. The summed E-state index contributed by atoms with van der Waals surface area (Å²) >= 11 is 0. The van der Waals surface area contributed by atoms with Crippen molar-refractivity contribution >= 4 is 15.4 Å². The van der Waals surface area contributed by atoms with Crippen molar-refractivity contribution in [3.05, 3.63) is 65.6 Å². The highest BCUT2D eigenvalue weighted by atomic mass is 32.2. The maximum Gasteiger partial charge on any atom is 0.479 e. The van der Waals surface area contributed by atoms with Gasteiger partial charge in [0.15, 0.2) is 9.73 Å². The predicted molar refractivity (Wildman–Crippen MR) is 91.1 cm³/mol. The van der Waals surface area contributed by atoms with Gasteiger partial charge >= 0.3 is 17.6 Å². The molecule has 2 aromatic carbocycles. The normalized spacial score (nSPS) is 14.3. The Morgan fingerprint density at radius 1 is 0.968 bits per heavy atom. The Balaban J connectivity index is 2.02. The van der Waals surface area contributed by atoms with Gasteiger partial charge in [0.1, 0.15) is 11.6 Å². The maximum atomic E-state index is 14.3. The third kappa shape index (κ3) is 4.84. The molecule has 1 heterocycles. The first kappa shape index (κ1) is 22.7. The molecule has 5 nitrogen and oxygen atoms in total. The van der Waals surface area contributed by atoms with Gasteiger partial charge in [-0.05, 0) is 18.2 Å². The highest BCUT2D eigenvalue weighted by molar-refractivity contribution is 7.93. The first-order chi connectivity index (χ1) is 14.3. The monoisotopic (exact) mass is 471 g/mol. The molecule has 0 bridgehead atoms. The highest BCUT2D eigenvalue weighted by Crippen LogP contribution is 2.35. The van der Waals surface area contributed by atoms with Crippen LogP contribution in [0.2, 0.25) is 0 Å². The van der Waals surface area contributed by atoms with E-state index in [9.17, 15) is 39.3 Å². The van der Waals surface area contributed by atoms with Gasteiger partial charge in [0.2, 0.25) is 5.82 Å². The highest BCUT2D eigenvalue weighted by Gasteiger charge is 2.44. The van der Waals surface area contributed by atoms with Gasteiger partial charge in [-0.2, -0.15) is 35.7 Å². The Kier molecular flexibility index (Phi) is 5.78. The second-order valence-electron chi connectivity index (χ2n) is 6.00. The Morgan fingerprint density at radius 3 is 2.19 bits per heavy atom. The molecule has 14 heteroatoms. The molecule has 0 spiro atoms. The average molecular weight is 471 g/mol. The lowest BCUT2D eigenvalue weighted by molar-refractivity contribution is -0.159. The standard InChI is InChI=1S/C17H9F8N3O2S/c18-12-4-2-1-3-9(12)8-31(29,17(23,24)25)28-10-5-6-11(13(19)7-10)14-26-15(30-27-14)16(20,21)22/h1-7H,8H2. The fourth-order valence-electron chi connectivity index (χ4n) is 2.35. The third-order valence-corrected chi connectivity index (χ3v) is 5.72. The molecular weight excluding hydrogens is 462 g/mol. The van der Waals surface area contributed by atoms with Crippen LogP contribution in [0.4, 0.5) is 40.8 Å². The quantitative estimate of drug-likeness (QED) is 0.448. The Bertz CT molecular complexity index is 1230. The molecule has 0 aliphatic rings. The fourth-order valence-corrected chi connectivity index (χ4v) is 3.79. The molecule has 1 atom stereocenters. The number of hydrogen-bond acceptors (Lipinski definition) is 5. The molecule has 0 amide bonds. The largest absolute Gasteiger partial charge is 0.479 e. The molecule has 3 aromatic rings. The Hall–Kier alpha value is -3.03. The van der Waals surface area contributed by atoms with E-state index in [1.807, 2.05) is 0 Å². The van der Waals surface area contributed by atoms with Crippen molar-refractivity contribution in [1.29, 1.82) is 0 Å². The minimum atomic E-state index is -5.39. The number of halogens is 8. The summed E-state index contributed by atoms with van der Waals surface area (Å²) in [5, 5.41) is 2.97. The van der Waals surface area contributed by atoms with Crippen LogP contribution < -0.4 is 0 Å². The van der Waals surface area contributed by atoms with E-state index in [0.29, 0.717) is 6.07 Å². The van der Waals surface area contributed by atoms with Gasteiger partial charge in [0, 0.05) is 11.6 Å². The number of rotatable bonds is 4. The second-order valence-corrected chi connectivity index (χ2v) is 8.21. The van der Waals surface area contributed by atoms with Crippen LogP contribution in [0.3, 0.4) is 0 Å². The lowest BCUT2D eigenvalue weighted by Crippen LogP contribution is -2.25. The van der Waals surface area contributed by atoms with Crippen LogP contribution in [0, 0.1) is 11.6 Å². The van der Waals surface area contributed by atoms with Crippen molar-refractivity contribution in [2.45, 2.75) is 17.4 Å². The molecule has 0 aliphatic heterocycles. The molecule has 31 heavy (non-hydrogen) atoms. The minimum absolute atomic E-state index is 0.408. The Labute approximate surface area is 168 Å². The van der Waals surface area contributed by atoms with E-state index in [0.717, 1.165) is 24.3 Å². The molecule has 3 rings (SSSR count). The summed E-state index contributed by atoms with van der Waals surface area (Å²) < 4.78 is 126. The van der Waals surface area contributed by atoms with Crippen LogP contribution in [0.25, 0.3) is 11.4 Å². The van der Waals surface area contributed by atoms with Gasteiger partial charge in [-0.15, -0.1) is 0 Å². The number of alkyl halides is 6. The van der Waals surface area contributed by atoms with Crippen molar-refractivity contribution < 1.29 is 43.9 Å². The number of hydrogen-bond donors (Lipinski definition) is 0. The maximum absolute atomic E-state index is 14.3. The zero-order valence-corrected chi connectivity index (χ0v) is 15.7. The van der Waals surface area contributed by atoms with Crippen molar-refractivity contribution in [3.63, 3.8) is 0 Å². The number of benzene rings is 2. The van der Waals surface area contributed by atoms with Crippen LogP contribution in [0.15, 0.2) is 51.4 Å². The van der Waals surface area contributed by atoms with E-state index in [2.05, 4.69) is 19.0 Å². The zero-order chi connectivity index (χ0) is 23.0. The van der Waals surface area contributed by atoms with E-state index in [-0.39, 0.29) is 0 Å². The summed E-state index contributed by atoms with van der Waals surface area (Å²) in [6, 6.07) is 6.26. The van der Waals surface area contributed by atoms with Gasteiger partial charge < -0.3 is 4.52 Å². The summed E-state index contributed by atoms with van der Waals surface area (Å²) in [4.78, 5) is 2.97. The Morgan fingerprint density at radius 2 is 1.65 bits per heavy atom. The van der Waals surface area contributed by atoms with Gasteiger partial charge in [-0.25, -0.2) is 13.0 Å². The van der Waals surface area contributed by atoms with E-state index in [1.165, 1.54) is 12.1 Å². The molecule has 1 unspecified atom stereocenters. The molecule has 0 saturated heterocycles. The molecule has 166 valence electrons. The van der Waals surface area contributed by atoms with Gasteiger partial charge in [0.25, 0.3) is 0 Å². The predicted octanol–water partition coefficient (Wildman–Crippen LogP) is 5.85. The number of aromatic nitrogens is 2. The van der Waals surface area contributed by atoms with E-state index < -0.39 is 67.3 Å².